The van der Waals surface area contributed by atoms with Gasteiger partial charge in [0.2, 0.25) is 0 Å². The molecule has 3 heteroatoms. The van der Waals surface area contributed by atoms with Gasteiger partial charge in [-0.15, -0.1) is 0 Å². The van der Waals surface area contributed by atoms with Crippen molar-refractivity contribution in [2.75, 3.05) is 11.6 Å². The van der Waals surface area contributed by atoms with Crippen molar-refractivity contribution < 1.29 is 4.79 Å². The highest BCUT2D eigenvalue weighted by atomic mass is 16.2. The van der Waals surface area contributed by atoms with Crippen molar-refractivity contribution in [2.45, 2.75) is 26.2 Å². The summed E-state index contributed by atoms with van der Waals surface area (Å²) in [7, 11) is 0. The number of hydrogen-bond acceptors (Lipinski definition) is 2. The van der Waals surface area contributed by atoms with E-state index >= 15 is 0 Å². The van der Waals surface area contributed by atoms with Crippen molar-refractivity contribution in [2.24, 2.45) is 0 Å². The normalized spacial score (nSPS) is 15.7. The van der Waals surface area contributed by atoms with Crippen LogP contribution in [-0.2, 0) is 10.2 Å². The Labute approximate surface area is 125 Å². The van der Waals surface area contributed by atoms with Crippen LogP contribution in [-0.4, -0.2) is 12.5 Å². The molecule has 0 unspecified atom stereocenters. The number of fused-ring (bicyclic) bond motifs is 1. The Hall–Kier alpha value is -2.29. The zero-order chi connectivity index (χ0) is 15.2. The van der Waals surface area contributed by atoms with Gasteiger partial charge in [0, 0.05) is 11.0 Å². The van der Waals surface area contributed by atoms with Crippen LogP contribution in [0, 0.1) is 0 Å². The van der Waals surface area contributed by atoms with Crippen molar-refractivity contribution in [3.05, 3.63) is 54.1 Å². The van der Waals surface area contributed by atoms with Gasteiger partial charge in [-0.2, -0.15) is 0 Å². The summed E-state index contributed by atoms with van der Waals surface area (Å²) in [6.07, 6.45) is 0. The predicted octanol–water partition coefficient (Wildman–Crippen LogP) is 3.54. The van der Waals surface area contributed by atoms with E-state index < -0.39 is 0 Å². The third-order valence-electron chi connectivity index (χ3n) is 3.89. The molecule has 3 nitrogen and oxygen atoms in total. The number of hydrazine groups is 1. The first-order chi connectivity index (χ1) is 9.88. The van der Waals surface area contributed by atoms with Crippen molar-refractivity contribution >= 4 is 22.4 Å². The number of benzene rings is 2. The number of amides is 1. The monoisotopic (exact) mass is 280 g/mol. The average Bonchev–Trinajstić information content (AvgIpc) is 2.76. The number of nitrogens with one attached hydrogen (secondary N) is 1. The van der Waals surface area contributed by atoms with Gasteiger partial charge in [0.25, 0.3) is 5.91 Å². The van der Waals surface area contributed by atoms with Crippen molar-refractivity contribution in [3.8, 4) is 0 Å². The van der Waals surface area contributed by atoms with Gasteiger partial charge in [0.1, 0.15) is 0 Å². The quantitative estimate of drug-likeness (QED) is 0.810. The molecule has 1 saturated heterocycles. The highest BCUT2D eigenvalue weighted by Crippen LogP contribution is 2.36. The van der Waals surface area contributed by atoms with Crippen LogP contribution in [0.4, 0.5) is 5.69 Å². The van der Waals surface area contributed by atoms with Gasteiger partial charge in [-0.3, -0.25) is 15.2 Å². The first kappa shape index (κ1) is 13.7. The molecule has 1 heterocycles. The van der Waals surface area contributed by atoms with Crippen LogP contribution in [0.3, 0.4) is 0 Å². The fourth-order valence-electron chi connectivity index (χ4n) is 2.82. The third-order valence-corrected chi connectivity index (χ3v) is 3.89. The maximum atomic E-state index is 11.7. The summed E-state index contributed by atoms with van der Waals surface area (Å²) in [6.45, 7) is 11.0. The summed E-state index contributed by atoms with van der Waals surface area (Å²) in [5.74, 6) is -0.0970. The molecule has 3 rings (SSSR count). The first-order valence-electron chi connectivity index (χ1n) is 7.16. The molecule has 1 N–H and O–H groups in total. The van der Waals surface area contributed by atoms with Gasteiger partial charge in [-0.25, -0.2) is 0 Å². The van der Waals surface area contributed by atoms with E-state index in [4.69, 9.17) is 0 Å². The van der Waals surface area contributed by atoms with Gasteiger partial charge >= 0.3 is 0 Å². The van der Waals surface area contributed by atoms with Crippen LogP contribution in [0.5, 0.6) is 0 Å². The lowest BCUT2D eigenvalue weighted by atomic mass is 9.83. The van der Waals surface area contributed by atoms with Gasteiger partial charge in [0.05, 0.1) is 12.2 Å². The zero-order valence-corrected chi connectivity index (χ0v) is 12.7. The second-order valence-corrected chi connectivity index (χ2v) is 6.56. The Morgan fingerprint density at radius 1 is 1.14 bits per heavy atom. The van der Waals surface area contributed by atoms with Crippen LogP contribution in [0.1, 0.15) is 26.3 Å². The molecule has 0 spiro atoms. The second-order valence-electron chi connectivity index (χ2n) is 6.56. The summed E-state index contributed by atoms with van der Waals surface area (Å²) in [5.41, 5.74) is 5.83. The number of carbonyl (C=O) groups is 1. The third kappa shape index (κ3) is 2.29. The summed E-state index contributed by atoms with van der Waals surface area (Å²) < 4.78 is 0. The molecule has 1 fully saturated rings. The highest BCUT2D eigenvalue weighted by molar-refractivity contribution is 6.03. The van der Waals surface area contributed by atoms with Crippen LogP contribution in [0.25, 0.3) is 10.8 Å². The minimum Gasteiger partial charge on any atom is -0.280 e. The Morgan fingerprint density at radius 3 is 2.38 bits per heavy atom. The van der Waals surface area contributed by atoms with Crippen molar-refractivity contribution in [3.63, 3.8) is 0 Å². The molecule has 0 radical (unpaired) electrons. The van der Waals surface area contributed by atoms with E-state index in [2.05, 4.69) is 63.1 Å². The van der Waals surface area contributed by atoms with E-state index in [9.17, 15) is 4.79 Å². The van der Waals surface area contributed by atoms with Crippen molar-refractivity contribution in [1.29, 1.82) is 0 Å². The molecular weight excluding hydrogens is 260 g/mol. The molecule has 1 aliphatic rings. The number of hydrogen-bond donors (Lipinski definition) is 1. The molecule has 108 valence electrons. The molecule has 21 heavy (non-hydrogen) atoms. The molecule has 1 amide bonds. The number of nitrogens with zero attached hydrogens (tertiary/aromatic N) is 1. The average molecular weight is 280 g/mol. The van der Waals surface area contributed by atoms with Crippen LogP contribution in [0.15, 0.2) is 48.6 Å². The first-order valence-corrected chi connectivity index (χ1v) is 7.16. The largest absolute Gasteiger partial charge is 0.280 e. The lowest BCUT2D eigenvalue weighted by molar-refractivity contribution is -0.116. The minimum atomic E-state index is -0.0970. The lowest BCUT2D eigenvalue weighted by Crippen LogP contribution is -2.33. The topological polar surface area (TPSA) is 32.3 Å². The van der Waals surface area contributed by atoms with Crippen LogP contribution >= 0.6 is 0 Å². The molecule has 2 aromatic rings. The van der Waals surface area contributed by atoms with Gasteiger partial charge in [0.15, 0.2) is 0 Å². The summed E-state index contributed by atoms with van der Waals surface area (Å²) in [6, 6.07) is 12.6. The zero-order valence-electron chi connectivity index (χ0n) is 12.7. The number of carbonyl (C=O) groups excluding carboxylic acids is 1. The van der Waals surface area contributed by atoms with E-state index in [1.54, 1.807) is 0 Å². The Kier molecular flexibility index (Phi) is 3.01. The SMILES string of the molecule is C=C1CN(c2cccc3cccc(C(C)(C)C)c23)NC1=O. The molecule has 0 aliphatic carbocycles. The predicted molar refractivity (Wildman–Crippen MR) is 87.3 cm³/mol. The number of rotatable bonds is 1. The molecule has 0 aromatic heterocycles. The maximum absolute atomic E-state index is 11.7. The summed E-state index contributed by atoms with van der Waals surface area (Å²) in [5, 5.41) is 4.27. The van der Waals surface area contributed by atoms with E-state index in [1.165, 1.54) is 16.3 Å². The van der Waals surface area contributed by atoms with E-state index in [1.807, 2.05) is 11.1 Å². The van der Waals surface area contributed by atoms with Gasteiger partial charge < -0.3 is 0 Å². The Balaban J connectivity index is 2.24. The molecule has 0 atom stereocenters. The minimum absolute atomic E-state index is 0.0381. The molecule has 0 bridgehead atoms. The lowest BCUT2D eigenvalue weighted by Gasteiger charge is -2.26. The van der Waals surface area contributed by atoms with E-state index in [0.717, 1.165) is 5.69 Å². The second kappa shape index (κ2) is 4.62. The molecule has 2 aromatic carbocycles. The summed E-state index contributed by atoms with van der Waals surface area (Å²) in [4.78, 5) is 11.7. The summed E-state index contributed by atoms with van der Waals surface area (Å²) >= 11 is 0. The molecular formula is C18H20N2O. The fourth-order valence-corrected chi connectivity index (χ4v) is 2.82. The Morgan fingerprint density at radius 2 is 1.81 bits per heavy atom. The van der Waals surface area contributed by atoms with Crippen LogP contribution in [0.2, 0.25) is 0 Å². The van der Waals surface area contributed by atoms with Crippen molar-refractivity contribution in [1.82, 2.24) is 5.43 Å². The van der Waals surface area contributed by atoms with E-state index in [-0.39, 0.29) is 11.3 Å². The standard InChI is InChI=1S/C18H20N2O/c1-12-11-20(19-17(12)21)15-10-6-8-13-7-5-9-14(16(13)15)18(2,3)4/h5-10H,1,11H2,2-4H3,(H,19,21). The van der Waals surface area contributed by atoms with Gasteiger partial charge in [-0.05, 0) is 22.4 Å². The maximum Gasteiger partial charge on any atom is 0.267 e. The fraction of sp³-hybridized carbons (Fsp3) is 0.278. The smallest absolute Gasteiger partial charge is 0.267 e. The highest BCUT2D eigenvalue weighted by Gasteiger charge is 2.26. The molecule has 0 saturated carbocycles. The Bertz CT molecular complexity index is 719. The van der Waals surface area contributed by atoms with E-state index in [0.29, 0.717) is 12.1 Å². The number of anilines is 1. The van der Waals surface area contributed by atoms with Gasteiger partial charge in [-0.1, -0.05) is 57.7 Å². The molecule has 1 aliphatic heterocycles. The van der Waals surface area contributed by atoms with Crippen LogP contribution < -0.4 is 10.4 Å².